The van der Waals surface area contributed by atoms with Crippen molar-refractivity contribution in [3.05, 3.63) is 66.2 Å². The van der Waals surface area contributed by atoms with Crippen LogP contribution in [0.3, 0.4) is 0 Å². The average Bonchev–Trinajstić information content (AvgIpc) is 2.69. The van der Waals surface area contributed by atoms with E-state index in [1.54, 1.807) is 37.4 Å². The van der Waals surface area contributed by atoms with E-state index in [4.69, 9.17) is 9.47 Å². The second-order valence-corrected chi connectivity index (χ2v) is 5.46. The molecule has 1 amide bonds. The lowest BCUT2D eigenvalue weighted by Gasteiger charge is -2.08. The second kappa shape index (κ2) is 8.11. The summed E-state index contributed by atoms with van der Waals surface area (Å²) in [6.07, 6.45) is 0. The highest BCUT2D eigenvalue weighted by Gasteiger charge is 2.09. The van der Waals surface area contributed by atoms with Crippen molar-refractivity contribution in [1.29, 1.82) is 0 Å². The molecule has 1 aromatic heterocycles. The third-order valence-corrected chi connectivity index (χ3v) is 3.68. The van der Waals surface area contributed by atoms with Crippen LogP contribution < -0.4 is 14.8 Å². The van der Waals surface area contributed by atoms with Gasteiger partial charge >= 0.3 is 0 Å². The zero-order valence-electron chi connectivity index (χ0n) is 14.6. The predicted octanol–water partition coefficient (Wildman–Crippen LogP) is 3.80. The summed E-state index contributed by atoms with van der Waals surface area (Å²) in [5.41, 5.74) is 2.75. The van der Waals surface area contributed by atoms with E-state index in [0.717, 1.165) is 5.56 Å². The number of hydrogen-bond acceptors (Lipinski definition) is 5. The smallest absolute Gasteiger partial charge is 0.255 e. The van der Waals surface area contributed by atoms with Crippen molar-refractivity contribution in [1.82, 2.24) is 10.2 Å². The molecule has 2 aromatic carbocycles. The maximum absolute atomic E-state index is 12.4. The number of aromatic nitrogens is 2. The monoisotopic (exact) mass is 349 g/mol. The molecule has 0 unspecified atom stereocenters. The minimum absolute atomic E-state index is 0.209. The summed E-state index contributed by atoms with van der Waals surface area (Å²) in [6, 6.07) is 18.0. The lowest BCUT2D eigenvalue weighted by Crippen LogP contribution is -2.11. The molecule has 0 spiro atoms. The molecule has 0 bridgehead atoms. The van der Waals surface area contributed by atoms with Gasteiger partial charge in [-0.15, -0.1) is 10.2 Å². The molecule has 0 radical (unpaired) electrons. The number of carbonyl (C=O) groups is 1. The fourth-order valence-electron chi connectivity index (χ4n) is 2.42. The van der Waals surface area contributed by atoms with Gasteiger partial charge in [0.1, 0.15) is 5.75 Å². The summed E-state index contributed by atoms with van der Waals surface area (Å²) in [4.78, 5) is 12.4. The molecular weight excluding hydrogens is 330 g/mol. The predicted molar refractivity (Wildman–Crippen MR) is 99.6 cm³/mol. The summed E-state index contributed by atoms with van der Waals surface area (Å²) in [5, 5.41) is 11.1. The van der Waals surface area contributed by atoms with E-state index in [-0.39, 0.29) is 5.91 Å². The van der Waals surface area contributed by atoms with E-state index in [9.17, 15) is 4.79 Å². The Morgan fingerprint density at radius 3 is 2.62 bits per heavy atom. The van der Waals surface area contributed by atoms with Crippen molar-refractivity contribution in [2.24, 2.45) is 0 Å². The summed E-state index contributed by atoms with van der Waals surface area (Å²) >= 11 is 0. The Bertz CT molecular complexity index is 895. The number of carbonyl (C=O) groups excluding carboxylic acids is 1. The second-order valence-electron chi connectivity index (χ2n) is 5.46. The fourth-order valence-corrected chi connectivity index (χ4v) is 2.42. The van der Waals surface area contributed by atoms with Crippen molar-refractivity contribution < 1.29 is 14.3 Å². The van der Waals surface area contributed by atoms with Crippen LogP contribution >= 0.6 is 0 Å². The van der Waals surface area contributed by atoms with E-state index < -0.39 is 0 Å². The molecule has 3 aromatic rings. The highest BCUT2D eigenvalue weighted by molar-refractivity contribution is 6.04. The van der Waals surface area contributed by atoms with Gasteiger partial charge in [-0.1, -0.05) is 18.2 Å². The molecule has 6 nitrogen and oxygen atoms in total. The van der Waals surface area contributed by atoms with Crippen LogP contribution in [0.4, 0.5) is 5.69 Å². The number of nitrogens with zero attached hydrogens (tertiary/aromatic N) is 2. The van der Waals surface area contributed by atoms with Crippen LogP contribution in [-0.4, -0.2) is 29.8 Å². The van der Waals surface area contributed by atoms with Crippen molar-refractivity contribution >= 4 is 11.6 Å². The molecule has 6 heteroatoms. The summed E-state index contributed by atoms with van der Waals surface area (Å²) in [7, 11) is 1.57. The van der Waals surface area contributed by atoms with Crippen LogP contribution in [0.15, 0.2) is 60.7 Å². The van der Waals surface area contributed by atoms with Crippen molar-refractivity contribution in [3.8, 4) is 22.9 Å². The van der Waals surface area contributed by atoms with Crippen LogP contribution in [0.2, 0.25) is 0 Å². The molecule has 0 aliphatic carbocycles. The molecule has 0 atom stereocenters. The molecule has 26 heavy (non-hydrogen) atoms. The van der Waals surface area contributed by atoms with Gasteiger partial charge in [-0.3, -0.25) is 4.79 Å². The molecule has 132 valence electrons. The molecule has 0 saturated carbocycles. The zero-order valence-corrected chi connectivity index (χ0v) is 14.6. The van der Waals surface area contributed by atoms with Gasteiger partial charge in [-0.05, 0) is 43.3 Å². The third kappa shape index (κ3) is 4.16. The Balaban J connectivity index is 1.77. The standard InChI is InChI=1S/C20H19N3O3/c1-3-26-19-11-10-18(22-23-19)14-6-4-8-16(12-14)21-20(24)15-7-5-9-17(13-15)25-2/h4-13H,3H2,1-2H3,(H,21,24). The number of hydrogen-bond donors (Lipinski definition) is 1. The first-order chi connectivity index (χ1) is 12.7. The van der Waals surface area contributed by atoms with E-state index in [1.807, 2.05) is 37.3 Å². The van der Waals surface area contributed by atoms with Gasteiger partial charge in [0.2, 0.25) is 5.88 Å². The van der Waals surface area contributed by atoms with E-state index >= 15 is 0 Å². The number of ether oxygens (including phenoxy) is 2. The van der Waals surface area contributed by atoms with Crippen LogP contribution in [0.25, 0.3) is 11.3 Å². The van der Waals surface area contributed by atoms with Crippen molar-refractivity contribution in [2.75, 3.05) is 19.0 Å². The number of rotatable bonds is 6. The molecule has 1 N–H and O–H groups in total. The highest BCUT2D eigenvalue weighted by atomic mass is 16.5. The minimum Gasteiger partial charge on any atom is -0.497 e. The lowest BCUT2D eigenvalue weighted by molar-refractivity contribution is 0.102. The van der Waals surface area contributed by atoms with Gasteiger partial charge in [-0.25, -0.2) is 0 Å². The number of nitrogens with one attached hydrogen (secondary N) is 1. The zero-order chi connectivity index (χ0) is 18.4. The Morgan fingerprint density at radius 1 is 1.04 bits per heavy atom. The van der Waals surface area contributed by atoms with Crippen LogP contribution in [-0.2, 0) is 0 Å². The largest absolute Gasteiger partial charge is 0.497 e. The quantitative estimate of drug-likeness (QED) is 0.733. The van der Waals surface area contributed by atoms with Crippen LogP contribution in [0.1, 0.15) is 17.3 Å². The summed E-state index contributed by atoms with van der Waals surface area (Å²) in [6.45, 7) is 2.43. The first kappa shape index (κ1) is 17.4. The van der Waals surface area contributed by atoms with E-state index in [1.165, 1.54) is 0 Å². The Hall–Kier alpha value is -3.41. The number of benzene rings is 2. The molecule has 0 aliphatic heterocycles. The van der Waals surface area contributed by atoms with Gasteiger partial charge in [0.25, 0.3) is 5.91 Å². The van der Waals surface area contributed by atoms with E-state index in [0.29, 0.717) is 35.2 Å². The molecule has 3 rings (SSSR count). The van der Waals surface area contributed by atoms with E-state index in [2.05, 4.69) is 15.5 Å². The maximum atomic E-state index is 12.4. The Morgan fingerprint density at radius 2 is 1.88 bits per heavy atom. The van der Waals surface area contributed by atoms with Crippen LogP contribution in [0, 0.1) is 0 Å². The summed E-state index contributed by atoms with van der Waals surface area (Å²) < 4.78 is 10.5. The normalized spacial score (nSPS) is 10.2. The number of methoxy groups -OCH3 is 1. The lowest BCUT2D eigenvalue weighted by atomic mass is 10.1. The molecule has 0 fully saturated rings. The third-order valence-electron chi connectivity index (χ3n) is 3.68. The Kier molecular flexibility index (Phi) is 5.43. The first-order valence-corrected chi connectivity index (χ1v) is 8.22. The maximum Gasteiger partial charge on any atom is 0.255 e. The SMILES string of the molecule is CCOc1ccc(-c2cccc(NC(=O)c3cccc(OC)c3)c2)nn1. The highest BCUT2D eigenvalue weighted by Crippen LogP contribution is 2.22. The molecule has 0 saturated heterocycles. The average molecular weight is 349 g/mol. The fraction of sp³-hybridized carbons (Fsp3) is 0.150. The minimum atomic E-state index is -0.209. The Labute approximate surface area is 151 Å². The van der Waals surface area contributed by atoms with Crippen molar-refractivity contribution in [2.45, 2.75) is 6.92 Å². The van der Waals surface area contributed by atoms with Gasteiger partial charge in [0.15, 0.2) is 0 Å². The number of anilines is 1. The topological polar surface area (TPSA) is 73.3 Å². The van der Waals surface area contributed by atoms with Crippen molar-refractivity contribution in [3.63, 3.8) is 0 Å². The first-order valence-electron chi connectivity index (χ1n) is 8.22. The van der Waals surface area contributed by atoms with Gasteiger partial charge in [0, 0.05) is 22.9 Å². The number of amides is 1. The molecule has 0 aliphatic rings. The molecule has 1 heterocycles. The van der Waals surface area contributed by atoms with Gasteiger partial charge in [-0.2, -0.15) is 0 Å². The molecular formula is C20H19N3O3. The van der Waals surface area contributed by atoms with Gasteiger partial charge < -0.3 is 14.8 Å². The van der Waals surface area contributed by atoms with Gasteiger partial charge in [0.05, 0.1) is 19.4 Å². The summed E-state index contributed by atoms with van der Waals surface area (Å²) in [5.74, 6) is 0.911. The van der Waals surface area contributed by atoms with Crippen LogP contribution in [0.5, 0.6) is 11.6 Å².